The van der Waals surface area contributed by atoms with Crippen molar-refractivity contribution in [3.8, 4) is 11.8 Å². The predicted octanol–water partition coefficient (Wildman–Crippen LogP) is 2.98. The van der Waals surface area contributed by atoms with Crippen LogP contribution in [-0.2, 0) is 0 Å². The summed E-state index contributed by atoms with van der Waals surface area (Å²) in [6.07, 6.45) is 3.33. The van der Waals surface area contributed by atoms with Gasteiger partial charge in [0.15, 0.2) is 0 Å². The number of rotatable bonds is 6. The molecule has 0 saturated heterocycles. The fourth-order valence-electron chi connectivity index (χ4n) is 2.06. The lowest BCUT2D eigenvalue weighted by Gasteiger charge is -2.14. The van der Waals surface area contributed by atoms with Crippen LogP contribution in [0.2, 0.25) is 0 Å². The van der Waals surface area contributed by atoms with Crippen LogP contribution in [0.3, 0.4) is 0 Å². The van der Waals surface area contributed by atoms with Crippen molar-refractivity contribution < 1.29 is 9.90 Å². The summed E-state index contributed by atoms with van der Waals surface area (Å²) in [5, 5.41) is 11.7. The van der Waals surface area contributed by atoms with Crippen molar-refractivity contribution in [2.45, 2.75) is 46.1 Å². The molecule has 3 nitrogen and oxygen atoms in total. The summed E-state index contributed by atoms with van der Waals surface area (Å²) in [6.45, 7) is 6.31. The number of hydrogen-bond acceptors (Lipinski definition) is 2. The Morgan fingerprint density at radius 3 is 2.43 bits per heavy atom. The molecular formula is C18H25NO2. The van der Waals surface area contributed by atoms with Crippen LogP contribution >= 0.6 is 0 Å². The van der Waals surface area contributed by atoms with Crippen LogP contribution in [0.4, 0.5) is 0 Å². The molecule has 0 aromatic heterocycles. The number of carbonyl (C=O) groups excluding carboxylic acids is 1. The Morgan fingerprint density at radius 2 is 1.86 bits per heavy atom. The summed E-state index contributed by atoms with van der Waals surface area (Å²) in [7, 11) is 0. The molecule has 2 N–H and O–H groups in total. The van der Waals surface area contributed by atoms with E-state index in [4.69, 9.17) is 5.11 Å². The highest BCUT2D eigenvalue weighted by Gasteiger charge is 2.09. The third kappa shape index (κ3) is 6.97. The van der Waals surface area contributed by atoms with Gasteiger partial charge in [-0.15, -0.1) is 0 Å². The lowest BCUT2D eigenvalue weighted by atomic mass is 10.0. The average molecular weight is 287 g/mol. The largest absolute Gasteiger partial charge is 0.384 e. The van der Waals surface area contributed by atoms with E-state index in [1.165, 1.54) is 6.42 Å². The highest BCUT2D eigenvalue weighted by atomic mass is 16.2. The molecular weight excluding hydrogens is 262 g/mol. The van der Waals surface area contributed by atoms with Gasteiger partial charge in [-0.3, -0.25) is 4.79 Å². The highest BCUT2D eigenvalue weighted by Crippen LogP contribution is 2.09. The first-order valence-electron chi connectivity index (χ1n) is 7.53. The van der Waals surface area contributed by atoms with Crippen LogP contribution in [0.1, 0.15) is 56.0 Å². The summed E-state index contributed by atoms with van der Waals surface area (Å²) < 4.78 is 0. The van der Waals surface area contributed by atoms with Crippen LogP contribution in [0.5, 0.6) is 0 Å². The topological polar surface area (TPSA) is 49.3 Å². The van der Waals surface area contributed by atoms with E-state index in [-0.39, 0.29) is 18.6 Å². The Kier molecular flexibility index (Phi) is 7.56. The highest BCUT2D eigenvalue weighted by molar-refractivity contribution is 5.94. The van der Waals surface area contributed by atoms with Crippen LogP contribution < -0.4 is 5.32 Å². The van der Waals surface area contributed by atoms with Gasteiger partial charge in [-0.05, 0) is 43.5 Å². The second kappa shape index (κ2) is 9.20. The van der Waals surface area contributed by atoms with Crippen molar-refractivity contribution >= 4 is 5.91 Å². The van der Waals surface area contributed by atoms with E-state index >= 15 is 0 Å². The zero-order valence-electron chi connectivity index (χ0n) is 13.1. The summed E-state index contributed by atoms with van der Waals surface area (Å²) in [4.78, 5) is 12.1. The molecule has 0 spiro atoms. The van der Waals surface area contributed by atoms with Crippen LogP contribution in [-0.4, -0.2) is 23.7 Å². The van der Waals surface area contributed by atoms with E-state index in [1.807, 2.05) is 6.92 Å². The Morgan fingerprint density at radius 1 is 1.19 bits per heavy atom. The van der Waals surface area contributed by atoms with Crippen molar-refractivity contribution in [3.63, 3.8) is 0 Å². The molecule has 1 rings (SSSR count). The molecule has 21 heavy (non-hydrogen) atoms. The average Bonchev–Trinajstić information content (AvgIpc) is 2.45. The number of aliphatic hydroxyl groups excluding tert-OH is 1. The van der Waals surface area contributed by atoms with E-state index in [2.05, 4.69) is 31.0 Å². The van der Waals surface area contributed by atoms with Crippen molar-refractivity contribution in [2.24, 2.45) is 5.92 Å². The maximum absolute atomic E-state index is 12.1. The van der Waals surface area contributed by atoms with Gasteiger partial charge in [-0.25, -0.2) is 0 Å². The van der Waals surface area contributed by atoms with Gasteiger partial charge in [0.05, 0.1) is 0 Å². The third-order valence-electron chi connectivity index (χ3n) is 3.25. The second-order valence-corrected chi connectivity index (χ2v) is 5.74. The zero-order valence-corrected chi connectivity index (χ0v) is 13.1. The summed E-state index contributed by atoms with van der Waals surface area (Å²) in [5.74, 6) is 6.05. The summed E-state index contributed by atoms with van der Waals surface area (Å²) in [6, 6.07) is 7.29. The van der Waals surface area contributed by atoms with E-state index in [1.54, 1.807) is 24.3 Å². The smallest absolute Gasteiger partial charge is 0.251 e. The SMILES string of the molecule is CC(C)CCCC(C)NC(=O)c1ccc(C#CCO)cc1. The number of nitrogens with one attached hydrogen (secondary N) is 1. The minimum Gasteiger partial charge on any atom is -0.384 e. The molecule has 0 aliphatic rings. The van der Waals surface area contributed by atoms with Crippen molar-refractivity contribution in [1.82, 2.24) is 5.32 Å². The summed E-state index contributed by atoms with van der Waals surface area (Å²) in [5.41, 5.74) is 1.44. The van der Waals surface area contributed by atoms with Gasteiger partial charge in [0.2, 0.25) is 0 Å². The van der Waals surface area contributed by atoms with E-state index in [0.29, 0.717) is 11.5 Å². The first-order chi connectivity index (χ1) is 10.0. The Labute approximate surface area is 127 Å². The molecule has 1 aromatic carbocycles. The van der Waals surface area contributed by atoms with E-state index in [9.17, 15) is 4.79 Å². The lowest BCUT2D eigenvalue weighted by molar-refractivity contribution is 0.0938. The number of aliphatic hydroxyl groups is 1. The van der Waals surface area contributed by atoms with Gasteiger partial charge in [0.25, 0.3) is 5.91 Å². The van der Waals surface area contributed by atoms with Crippen molar-refractivity contribution in [1.29, 1.82) is 0 Å². The minimum absolute atomic E-state index is 0.0475. The van der Waals surface area contributed by atoms with Gasteiger partial charge in [-0.2, -0.15) is 0 Å². The second-order valence-electron chi connectivity index (χ2n) is 5.74. The van der Waals surface area contributed by atoms with Gasteiger partial charge < -0.3 is 10.4 Å². The molecule has 0 aliphatic carbocycles. The Balaban J connectivity index is 2.47. The molecule has 0 radical (unpaired) electrons. The molecule has 1 atom stereocenters. The number of benzene rings is 1. The molecule has 3 heteroatoms. The van der Waals surface area contributed by atoms with E-state index in [0.717, 1.165) is 18.4 Å². The maximum atomic E-state index is 12.1. The first kappa shape index (κ1) is 17.3. The fourth-order valence-corrected chi connectivity index (χ4v) is 2.06. The van der Waals surface area contributed by atoms with Gasteiger partial charge in [0.1, 0.15) is 6.61 Å². The van der Waals surface area contributed by atoms with Gasteiger partial charge in [-0.1, -0.05) is 38.5 Å². The first-order valence-corrected chi connectivity index (χ1v) is 7.53. The van der Waals surface area contributed by atoms with Gasteiger partial charge >= 0.3 is 0 Å². The van der Waals surface area contributed by atoms with E-state index < -0.39 is 0 Å². The zero-order chi connectivity index (χ0) is 15.7. The molecule has 1 unspecified atom stereocenters. The quantitative estimate of drug-likeness (QED) is 0.790. The Hall–Kier alpha value is -1.79. The molecule has 0 saturated carbocycles. The lowest BCUT2D eigenvalue weighted by Crippen LogP contribution is -2.32. The minimum atomic E-state index is -0.157. The predicted molar refractivity (Wildman–Crippen MR) is 86.0 cm³/mol. The van der Waals surface area contributed by atoms with Gasteiger partial charge in [0, 0.05) is 17.2 Å². The molecule has 0 bridgehead atoms. The Bertz CT molecular complexity index is 494. The maximum Gasteiger partial charge on any atom is 0.251 e. The monoisotopic (exact) mass is 287 g/mol. The standard InChI is InChI=1S/C18H25NO2/c1-14(2)6-4-7-15(3)19-18(21)17-11-9-16(10-12-17)8-5-13-20/h9-12,14-15,20H,4,6-7,13H2,1-3H3,(H,19,21). The number of hydrogen-bond donors (Lipinski definition) is 2. The fraction of sp³-hybridized carbons (Fsp3) is 0.500. The van der Waals surface area contributed by atoms with Crippen molar-refractivity contribution in [2.75, 3.05) is 6.61 Å². The molecule has 1 amide bonds. The van der Waals surface area contributed by atoms with Crippen LogP contribution in [0, 0.1) is 17.8 Å². The number of carbonyl (C=O) groups is 1. The normalized spacial score (nSPS) is 11.7. The van der Waals surface area contributed by atoms with Crippen molar-refractivity contribution in [3.05, 3.63) is 35.4 Å². The third-order valence-corrected chi connectivity index (χ3v) is 3.25. The molecule has 0 heterocycles. The molecule has 114 valence electrons. The van der Waals surface area contributed by atoms with Crippen LogP contribution in [0.15, 0.2) is 24.3 Å². The molecule has 0 fully saturated rings. The van der Waals surface area contributed by atoms with Crippen LogP contribution in [0.25, 0.3) is 0 Å². The summed E-state index contributed by atoms with van der Waals surface area (Å²) >= 11 is 0. The molecule has 1 aromatic rings. The molecule has 0 aliphatic heterocycles. The number of amides is 1.